The van der Waals surface area contributed by atoms with Crippen LogP contribution in [0.2, 0.25) is 0 Å². The lowest BCUT2D eigenvalue weighted by molar-refractivity contribution is 0.0669. The molecule has 0 radical (unpaired) electrons. The first-order chi connectivity index (χ1) is 18.1. The van der Waals surface area contributed by atoms with Gasteiger partial charge in [0.15, 0.2) is 0 Å². The number of piperazine rings is 1. The molecular formula is C29H32N6OS. The number of aromatic nitrogens is 2. The first-order valence-corrected chi connectivity index (χ1v) is 13.6. The standard InChI is InChI=1S/C29H32N6OS/c1-33-11-13-34(14-12-33)29(36)28-16-25-15-22(8-9-27(25)37-28)3-2-10-31-18-26-19-32-21-35(26)20-24-6-4-23(17-30)5-7-24/h4-9,15-16,19,21,31H,2-3,10-14,18,20H2,1H3. The Bertz CT molecular complexity index is 1390. The zero-order chi connectivity index (χ0) is 25.6. The summed E-state index contributed by atoms with van der Waals surface area (Å²) < 4.78 is 3.31. The molecule has 8 heteroatoms. The van der Waals surface area contributed by atoms with Crippen molar-refractivity contribution < 1.29 is 4.79 Å². The number of nitrogens with one attached hydrogen (secondary N) is 1. The van der Waals surface area contributed by atoms with Crippen molar-refractivity contribution in [3.05, 3.63) is 88.3 Å². The summed E-state index contributed by atoms with van der Waals surface area (Å²) in [5.41, 5.74) is 4.27. The fraction of sp³-hybridized carbons (Fsp3) is 0.345. The van der Waals surface area contributed by atoms with Crippen molar-refractivity contribution in [3.8, 4) is 6.07 Å². The number of carbonyl (C=O) groups is 1. The summed E-state index contributed by atoms with van der Waals surface area (Å²) in [4.78, 5) is 22.4. The van der Waals surface area contributed by atoms with Crippen molar-refractivity contribution in [2.75, 3.05) is 39.8 Å². The molecule has 1 N–H and O–H groups in total. The summed E-state index contributed by atoms with van der Waals surface area (Å²) in [6.45, 7) is 5.90. The summed E-state index contributed by atoms with van der Waals surface area (Å²) in [6, 6.07) is 18.5. The van der Waals surface area contributed by atoms with E-state index < -0.39 is 0 Å². The van der Waals surface area contributed by atoms with Crippen LogP contribution in [-0.4, -0.2) is 65.0 Å². The maximum Gasteiger partial charge on any atom is 0.264 e. The van der Waals surface area contributed by atoms with E-state index in [1.807, 2.05) is 41.7 Å². The van der Waals surface area contributed by atoms with Crippen LogP contribution in [-0.2, 0) is 19.5 Å². The second-order valence-corrected chi connectivity index (χ2v) is 10.8. The van der Waals surface area contributed by atoms with E-state index in [0.29, 0.717) is 5.56 Å². The Labute approximate surface area is 222 Å². The molecule has 1 amide bonds. The lowest BCUT2D eigenvalue weighted by Crippen LogP contribution is -2.46. The zero-order valence-electron chi connectivity index (χ0n) is 21.2. The number of nitrogens with zero attached hydrogens (tertiary/aromatic N) is 5. The molecule has 1 fully saturated rings. The van der Waals surface area contributed by atoms with Crippen LogP contribution in [0, 0.1) is 11.3 Å². The van der Waals surface area contributed by atoms with Crippen molar-refractivity contribution in [1.82, 2.24) is 24.7 Å². The van der Waals surface area contributed by atoms with E-state index >= 15 is 0 Å². The predicted octanol–water partition coefficient (Wildman–Crippen LogP) is 4.13. The first kappa shape index (κ1) is 25.2. The summed E-state index contributed by atoms with van der Waals surface area (Å²) in [6.07, 6.45) is 5.79. The average molecular weight is 513 g/mol. The maximum absolute atomic E-state index is 12.9. The third-order valence-corrected chi connectivity index (χ3v) is 8.05. The lowest BCUT2D eigenvalue weighted by Gasteiger charge is -2.32. The number of benzene rings is 2. The number of carbonyl (C=O) groups excluding carboxylic acids is 1. The van der Waals surface area contributed by atoms with Gasteiger partial charge in [-0.25, -0.2) is 4.98 Å². The third kappa shape index (κ3) is 6.25. The SMILES string of the molecule is CN1CCN(C(=O)c2cc3cc(CCCNCc4cncn4Cc4ccc(C#N)cc4)ccc3s2)CC1. The number of amides is 1. The van der Waals surface area contributed by atoms with Gasteiger partial charge in [-0.1, -0.05) is 24.3 Å². The Morgan fingerprint density at radius 3 is 2.65 bits per heavy atom. The molecule has 1 aliphatic rings. The molecule has 3 heterocycles. The molecule has 37 heavy (non-hydrogen) atoms. The Morgan fingerprint density at radius 2 is 1.86 bits per heavy atom. The van der Waals surface area contributed by atoms with Gasteiger partial charge in [-0.3, -0.25) is 4.79 Å². The Kier molecular flexibility index (Phi) is 7.95. The molecule has 2 aromatic heterocycles. The van der Waals surface area contributed by atoms with Gasteiger partial charge in [-0.05, 0) is 67.2 Å². The Hall–Kier alpha value is -3.51. The van der Waals surface area contributed by atoms with Gasteiger partial charge in [0, 0.05) is 50.2 Å². The van der Waals surface area contributed by atoms with Gasteiger partial charge in [0.1, 0.15) is 0 Å². The van der Waals surface area contributed by atoms with Gasteiger partial charge in [-0.15, -0.1) is 11.3 Å². The van der Waals surface area contributed by atoms with Gasteiger partial charge in [0.05, 0.1) is 28.5 Å². The highest BCUT2D eigenvalue weighted by Crippen LogP contribution is 2.28. The maximum atomic E-state index is 12.9. The molecule has 5 rings (SSSR count). The Morgan fingerprint density at radius 1 is 1.08 bits per heavy atom. The molecule has 1 aliphatic heterocycles. The molecule has 0 unspecified atom stereocenters. The quantitative estimate of drug-likeness (QED) is 0.341. The number of aryl methyl sites for hydroxylation is 1. The van der Waals surface area contributed by atoms with Gasteiger partial charge in [0.2, 0.25) is 0 Å². The monoisotopic (exact) mass is 512 g/mol. The molecular weight excluding hydrogens is 480 g/mol. The van der Waals surface area contributed by atoms with Crippen LogP contribution in [0.1, 0.15) is 38.5 Å². The molecule has 0 saturated carbocycles. The first-order valence-electron chi connectivity index (χ1n) is 12.8. The van der Waals surface area contributed by atoms with E-state index in [9.17, 15) is 4.79 Å². The fourth-order valence-corrected chi connectivity index (χ4v) is 5.68. The molecule has 2 aromatic carbocycles. The van der Waals surface area contributed by atoms with E-state index in [0.717, 1.165) is 74.8 Å². The highest BCUT2D eigenvalue weighted by molar-refractivity contribution is 7.20. The number of fused-ring (bicyclic) bond motifs is 1. The number of hydrogen-bond acceptors (Lipinski definition) is 6. The van der Waals surface area contributed by atoms with Crippen LogP contribution in [0.15, 0.2) is 61.1 Å². The number of nitriles is 1. The third-order valence-electron chi connectivity index (χ3n) is 6.94. The fourth-order valence-electron chi connectivity index (χ4n) is 4.67. The molecule has 0 atom stereocenters. The van der Waals surface area contributed by atoms with Crippen molar-refractivity contribution in [2.45, 2.75) is 25.9 Å². The van der Waals surface area contributed by atoms with Gasteiger partial charge in [-0.2, -0.15) is 5.26 Å². The van der Waals surface area contributed by atoms with E-state index in [-0.39, 0.29) is 5.91 Å². The predicted molar refractivity (Wildman–Crippen MR) is 148 cm³/mol. The average Bonchev–Trinajstić information content (AvgIpc) is 3.55. The molecule has 4 aromatic rings. The minimum atomic E-state index is 0.165. The molecule has 0 aliphatic carbocycles. The topological polar surface area (TPSA) is 77.2 Å². The second kappa shape index (κ2) is 11.7. The van der Waals surface area contributed by atoms with Crippen LogP contribution >= 0.6 is 11.3 Å². The minimum absolute atomic E-state index is 0.165. The van der Waals surface area contributed by atoms with Gasteiger partial charge in [0.25, 0.3) is 5.91 Å². The number of imidazole rings is 1. The number of likely N-dealkylation sites (N-methyl/N-ethyl adjacent to an activating group) is 1. The van der Waals surface area contributed by atoms with Crippen LogP contribution in [0.4, 0.5) is 0 Å². The highest BCUT2D eigenvalue weighted by atomic mass is 32.1. The minimum Gasteiger partial charge on any atom is -0.335 e. The largest absolute Gasteiger partial charge is 0.335 e. The summed E-state index contributed by atoms with van der Waals surface area (Å²) in [5, 5.41) is 13.7. The number of thiophene rings is 1. The molecule has 1 saturated heterocycles. The van der Waals surface area contributed by atoms with Gasteiger partial charge >= 0.3 is 0 Å². The van der Waals surface area contributed by atoms with Gasteiger partial charge < -0.3 is 19.7 Å². The van der Waals surface area contributed by atoms with Crippen molar-refractivity contribution in [1.29, 1.82) is 5.26 Å². The summed E-state index contributed by atoms with van der Waals surface area (Å²) in [7, 11) is 2.10. The van der Waals surface area contributed by atoms with Crippen molar-refractivity contribution >= 4 is 27.3 Å². The smallest absolute Gasteiger partial charge is 0.264 e. The normalized spacial score (nSPS) is 14.2. The van der Waals surface area contributed by atoms with E-state index in [4.69, 9.17) is 5.26 Å². The number of rotatable bonds is 9. The molecule has 190 valence electrons. The Balaban J connectivity index is 1.10. The summed E-state index contributed by atoms with van der Waals surface area (Å²) >= 11 is 1.60. The number of hydrogen-bond donors (Lipinski definition) is 1. The van der Waals surface area contributed by atoms with Crippen LogP contribution in [0.25, 0.3) is 10.1 Å². The molecule has 0 spiro atoms. The van der Waals surface area contributed by atoms with Crippen molar-refractivity contribution in [2.24, 2.45) is 0 Å². The van der Waals surface area contributed by atoms with Crippen molar-refractivity contribution in [3.63, 3.8) is 0 Å². The summed E-state index contributed by atoms with van der Waals surface area (Å²) in [5.74, 6) is 0.165. The second-order valence-electron chi connectivity index (χ2n) is 9.68. The highest BCUT2D eigenvalue weighted by Gasteiger charge is 2.22. The zero-order valence-corrected chi connectivity index (χ0v) is 22.0. The van der Waals surface area contributed by atoms with Crippen LogP contribution in [0.5, 0.6) is 0 Å². The van der Waals surface area contributed by atoms with E-state index in [1.54, 1.807) is 11.3 Å². The lowest BCUT2D eigenvalue weighted by atomic mass is 10.1. The van der Waals surface area contributed by atoms with E-state index in [2.05, 4.69) is 57.2 Å². The van der Waals surface area contributed by atoms with Crippen LogP contribution < -0.4 is 5.32 Å². The molecule has 7 nitrogen and oxygen atoms in total. The van der Waals surface area contributed by atoms with E-state index in [1.165, 1.54) is 15.6 Å². The van der Waals surface area contributed by atoms with Crippen LogP contribution in [0.3, 0.4) is 0 Å². The molecule has 0 bridgehead atoms.